The summed E-state index contributed by atoms with van der Waals surface area (Å²) in [6, 6.07) is 0. The minimum atomic E-state index is -2.79. The lowest BCUT2D eigenvalue weighted by Crippen LogP contribution is -2.72. The minimum Gasteiger partial charge on any atom is -0.442 e. The third-order valence-corrected chi connectivity index (χ3v) is 3.44. The van der Waals surface area contributed by atoms with E-state index in [-0.39, 0.29) is 5.06 Å². The van der Waals surface area contributed by atoms with Gasteiger partial charge in [0.15, 0.2) is 0 Å². The van der Waals surface area contributed by atoms with Gasteiger partial charge in [-0.2, -0.15) is 0 Å². The van der Waals surface area contributed by atoms with Gasteiger partial charge < -0.3 is 23.8 Å². The normalized spacial score (nSPS) is 18.3. The molecule has 31 heavy (non-hydrogen) atoms. The fourth-order valence-electron chi connectivity index (χ4n) is 2.40. The van der Waals surface area contributed by atoms with Crippen LogP contribution in [0.3, 0.4) is 0 Å². The van der Waals surface area contributed by atoms with E-state index in [0.717, 1.165) is 7.11 Å². The smallest absolute Gasteiger partial charge is 0.442 e. The Bertz CT molecular complexity index is 754. The van der Waals surface area contributed by atoms with Crippen LogP contribution in [-0.4, -0.2) is 64.6 Å². The number of hydrogen-bond acceptors (Lipinski definition) is 11. The summed E-state index contributed by atoms with van der Waals surface area (Å²) < 4.78 is 20.6. The van der Waals surface area contributed by atoms with E-state index in [1.165, 1.54) is 41.5 Å². The molecule has 0 saturated carbocycles. The molecule has 0 unspecified atom stereocenters. The fourth-order valence-corrected chi connectivity index (χ4v) is 2.40. The predicted octanol–water partition coefficient (Wildman–Crippen LogP) is 2.69. The van der Waals surface area contributed by atoms with Crippen LogP contribution in [0.25, 0.3) is 0 Å². The van der Waals surface area contributed by atoms with Gasteiger partial charge in [-0.05, 0) is 48.5 Å². The highest BCUT2D eigenvalue weighted by Gasteiger charge is 2.67. The van der Waals surface area contributed by atoms with Gasteiger partial charge in [-0.15, -0.1) is 0 Å². The standard InChI is InChI=1S/C19H30N2O10/c1-11(20-26-10)19(12(22)27-18(8,9)28-13(19)23)21(14(24)29-16(2,3)4)31-15(25)30-17(5,6)7/h1-10H3. The van der Waals surface area contributed by atoms with E-state index in [1.807, 2.05) is 0 Å². The number of hydrogen-bond donors (Lipinski definition) is 0. The molecule has 12 nitrogen and oxygen atoms in total. The maximum atomic E-state index is 13.1. The van der Waals surface area contributed by atoms with Crippen LogP contribution < -0.4 is 0 Å². The van der Waals surface area contributed by atoms with Gasteiger partial charge in [-0.3, -0.25) is 4.84 Å². The zero-order chi connectivity index (χ0) is 24.4. The van der Waals surface area contributed by atoms with Gasteiger partial charge in [-0.1, -0.05) is 10.2 Å². The van der Waals surface area contributed by atoms with Crippen molar-refractivity contribution in [2.45, 2.75) is 84.8 Å². The Kier molecular flexibility index (Phi) is 7.21. The Morgan fingerprint density at radius 1 is 0.935 bits per heavy atom. The summed E-state index contributed by atoms with van der Waals surface area (Å²) >= 11 is 0. The number of nitrogens with zero attached hydrogens (tertiary/aromatic N) is 2. The van der Waals surface area contributed by atoms with Gasteiger partial charge >= 0.3 is 29.7 Å². The van der Waals surface area contributed by atoms with Crippen molar-refractivity contribution in [3.8, 4) is 0 Å². The number of amides is 1. The maximum absolute atomic E-state index is 13.1. The second-order valence-corrected chi connectivity index (χ2v) is 9.08. The summed E-state index contributed by atoms with van der Waals surface area (Å²) in [5, 5.41) is 3.67. The number of carbonyl (C=O) groups is 4. The van der Waals surface area contributed by atoms with E-state index < -0.39 is 52.4 Å². The lowest BCUT2D eigenvalue weighted by Gasteiger charge is -2.43. The molecular weight excluding hydrogens is 416 g/mol. The molecule has 0 aromatic heterocycles. The van der Waals surface area contributed by atoms with Crippen LogP contribution in [0.15, 0.2) is 5.16 Å². The Morgan fingerprint density at radius 3 is 1.77 bits per heavy atom. The molecule has 0 aromatic rings. The Morgan fingerprint density at radius 2 is 1.39 bits per heavy atom. The van der Waals surface area contributed by atoms with E-state index in [1.54, 1.807) is 20.8 Å². The lowest BCUT2D eigenvalue weighted by molar-refractivity contribution is -0.262. The molecule has 176 valence electrons. The summed E-state index contributed by atoms with van der Waals surface area (Å²) in [6.45, 7) is 13.0. The molecule has 1 fully saturated rings. The van der Waals surface area contributed by atoms with Crippen LogP contribution in [0.1, 0.15) is 62.3 Å². The first kappa shape index (κ1) is 26.0. The van der Waals surface area contributed by atoms with Crippen LogP contribution >= 0.6 is 0 Å². The number of oxime groups is 1. The second kappa shape index (κ2) is 8.60. The summed E-state index contributed by atoms with van der Waals surface area (Å²) in [6.07, 6.45) is -2.77. The van der Waals surface area contributed by atoms with Crippen molar-refractivity contribution in [2.75, 3.05) is 7.11 Å². The highest BCUT2D eigenvalue weighted by molar-refractivity contribution is 6.28. The van der Waals surface area contributed by atoms with Crippen LogP contribution in [0.5, 0.6) is 0 Å². The lowest BCUT2D eigenvalue weighted by atomic mass is 9.92. The second-order valence-electron chi connectivity index (χ2n) is 9.08. The Balaban J connectivity index is 3.67. The minimum absolute atomic E-state index is 0.0874. The summed E-state index contributed by atoms with van der Waals surface area (Å²) in [7, 11) is 1.15. The van der Waals surface area contributed by atoms with Gasteiger partial charge in [0.05, 0.1) is 0 Å². The first-order valence-electron chi connectivity index (χ1n) is 9.35. The Hall–Kier alpha value is -3.05. The van der Waals surface area contributed by atoms with Crippen molar-refractivity contribution in [3.05, 3.63) is 0 Å². The zero-order valence-electron chi connectivity index (χ0n) is 19.5. The van der Waals surface area contributed by atoms with Crippen LogP contribution in [0.4, 0.5) is 9.59 Å². The summed E-state index contributed by atoms with van der Waals surface area (Å²) in [4.78, 5) is 61.2. The van der Waals surface area contributed by atoms with E-state index in [2.05, 4.69) is 9.99 Å². The van der Waals surface area contributed by atoms with Crippen LogP contribution in [-0.2, 0) is 38.2 Å². The van der Waals surface area contributed by atoms with Gasteiger partial charge in [-0.25, -0.2) is 19.2 Å². The first-order valence-corrected chi connectivity index (χ1v) is 9.35. The predicted molar refractivity (Wildman–Crippen MR) is 105 cm³/mol. The molecule has 0 N–H and O–H groups in total. The third-order valence-electron chi connectivity index (χ3n) is 3.44. The van der Waals surface area contributed by atoms with E-state index >= 15 is 0 Å². The number of cyclic esters (lactones) is 2. The molecule has 1 aliphatic rings. The molecule has 0 aromatic carbocycles. The average Bonchev–Trinajstić information content (AvgIpc) is 2.49. The van der Waals surface area contributed by atoms with Crippen molar-refractivity contribution in [1.29, 1.82) is 0 Å². The third kappa shape index (κ3) is 6.22. The highest BCUT2D eigenvalue weighted by atomic mass is 16.9. The molecule has 0 radical (unpaired) electrons. The van der Waals surface area contributed by atoms with E-state index in [0.29, 0.717) is 0 Å². The molecule has 1 rings (SSSR count). The SMILES string of the molecule is CON=C(C)C1(N(OC(=O)OC(C)(C)C)C(=O)OC(C)(C)C)C(=O)OC(C)(C)OC1=O. The van der Waals surface area contributed by atoms with Crippen molar-refractivity contribution in [1.82, 2.24) is 5.06 Å². The molecule has 1 amide bonds. The van der Waals surface area contributed by atoms with Crippen molar-refractivity contribution in [3.63, 3.8) is 0 Å². The number of hydroxylamine groups is 2. The Labute approximate surface area is 180 Å². The average molecular weight is 446 g/mol. The first-order chi connectivity index (χ1) is 13.9. The van der Waals surface area contributed by atoms with Crippen molar-refractivity contribution < 1.29 is 47.8 Å². The van der Waals surface area contributed by atoms with Gasteiger partial charge in [0.2, 0.25) is 0 Å². The number of esters is 2. The molecule has 1 heterocycles. The number of carbonyl (C=O) groups excluding carboxylic acids is 4. The summed E-state index contributed by atoms with van der Waals surface area (Å²) in [5.41, 5.74) is -5.32. The van der Waals surface area contributed by atoms with Gasteiger partial charge in [0.25, 0.3) is 5.79 Å². The molecule has 1 saturated heterocycles. The number of rotatable bonds is 3. The molecule has 0 aliphatic carbocycles. The maximum Gasteiger partial charge on any atom is 0.534 e. The number of ether oxygens (including phenoxy) is 4. The van der Waals surface area contributed by atoms with E-state index in [4.69, 9.17) is 23.8 Å². The zero-order valence-corrected chi connectivity index (χ0v) is 19.5. The van der Waals surface area contributed by atoms with Crippen LogP contribution in [0.2, 0.25) is 0 Å². The molecule has 0 atom stereocenters. The van der Waals surface area contributed by atoms with Gasteiger partial charge in [0.1, 0.15) is 24.0 Å². The topological polar surface area (TPSA) is 139 Å². The molecule has 12 heteroatoms. The highest BCUT2D eigenvalue weighted by Crippen LogP contribution is 2.34. The molecule has 1 aliphatic heterocycles. The molecule has 0 spiro atoms. The fraction of sp³-hybridized carbons (Fsp3) is 0.737. The quantitative estimate of drug-likeness (QED) is 0.209. The van der Waals surface area contributed by atoms with E-state index in [9.17, 15) is 19.2 Å². The monoisotopic (exact) mass is 446 g/mol. The molecular formula is C19H30N2O10. The van der Waals surface area contributed by atoms with Crippen molar-refractivity contribution in [2.24, 2.45) is 5.16 Å². The van der Waals surface area contributed by atoms with Crippen LogP contribution in [0, 0.1) is 0 Å². The van der Waals surface area contributed by atoms with Gasteiger partial charge in [0, 0.05) is 13.8 Å². The van der Waals surface area contributed by atoms with Crippen molar-refractivity contribution >= 4 is 29.9 Å². The molecule has 0 bridgehead atoms. The summed E-state index contributed by atoms with van der Waals surface area (Å²) in [5.74, 6) is -4.26. The largest absolute Gasteiger partial charge is 0.534 e.